The Labute approximate surface area is 133 Å². The molecule has 3 rings (SSSR count). The van der Waals surface area contributed by atoms with Gasteiger partial charge in [-0.25, -0.2) is 4.79 Å². The molecule has 0 aliphatic heterocycles. The minimum atomic E-state index is -1.11. The molecule has 0 saturated heterocycles. The molecule has 5 nitrogen and oxygen atoms in total. The van der Waals surface area contributed by atoms with E-state index in [0.717, 1.165) is 10.9 Å². The fourth-order valence-corrected chi connectivity index (χ4v) is 2.59. The number of nitrogens with zero attached hydrogens (tertiary/aromatic N) is 1. The number of aryl methyl sites for hydroxylation is 1. The SMILES string of the molecule is Cn1cc(C(=O)O[C@@H](C(N)=O)c2ccccc2)c2ccccc21. The van der Waals surface area contributed by atoms with Gasteiger partial charge in [-0.3, -0.25) is 4.79 Å². The predicted molar refractivity (Wildman–Crippen MR) is 86.7 cm³/mol. The second-order valence-electron chi connectivity index (χ2n) is 5.27. The molecule has 0 saturated carbocycles. The maximum absolute atomic E-state index is 12.5. The van der Waals surface area contributed by atoms with Crippen LogP contribution in [-0.2, 0) is 16.6 Å². The third kappa shape index (κ3) is 2.81. The number of ether oxygens (including phenoxy) is 1. The zero-order valence-electron chi connectivity index (χ0n) is 12.6. The topological polar surface area (TPSA) is 74.3 Å². The van der Waals surface area contributed by atoms with E-state index in [1.54, 1.807) is 30.5 Å². The summed E-state index contributed by atoms with van der Waals surface area (Å²) in [6.45, 7) is 0. The molecule has 1 atom stereocenters. The van der Waals surface area contributed by atoms with Gasteiger partial charge >= 0.3 is 5.97 Å². The van der Waals surface area contributed by atoms with Crippen LogP contribution in [0.5, 0.6) is 0 Å². The minimum Gasteiger partial charge on any atom is -0.444 e. The van der Waals surface area contributed by atoms with E-state index in [2.05, 4.69) is 0 Å². The maximum Gasteiger partial charge on any atom is 0.341 e. The van der Waals surface area contributed by atoms with Crippen LogP contribution in [0.25, 0.3) is 10.9 Å². The summed E-state index contributed by atoms with van der Waals surface area (Å²) in [7, 11) is 1.85. The Morgan fingerprint density at radius 1 is 1.04 bits per heavy atom. The Hall–Kier alpha value is -3.08. The molecule has 2 N–H and O–H groups in total. The molecule has 0 radical (unpaired) electrons. The van der Waals surface area contributed by atoms with Crippen molar-refractivity contribution < 1.29 is 14.3 Å². The highest BCUT2D eigenvalue weighted by molar-refractivity contribution is 6.05. The molecule has 0 fully saturated rings. The van der Waals surface area contributed by atoms with Crippen molar-refractivity contribution in [3.8, 4) is 0 Å². The summed E-state index contributed by atoms with van der Waals surface area (Å²) in [6, 6.07) is 16.2. The second-order valence-corrected chi connectivity index (χ2v) is 5.27. The number of carbonyl (C=O) groups excluding carboxylic acids is 2. The first-order chi connectivity index (χ1) is 11.1. The van der Waals surface area contributed by atoms with E-state index < -0.39 is 18.0 Å². The smallest absolute Gasteiger partial charge is 0.341 e. The van der Waals surface area contributed by atoms with Crippen LogP contribution in [0.15, 0.2) is 60.8 Å². The summed E-state index contributed by atoms with van der Waals surface area (Å²) in [5.74, 6) is -1.28. The van der Waals surface area contributed by atoms with Crippen LogP contribution in [-0.4, -0.2) is 16.4 Å². The number of carbonyl (C=O) groups is 2. The zero-order valence-corrected chi connectivity index (χ0v) is 12.6. The molecular weight excluding hydrogens is 292 g/mol. The van der Waals surface area contributed by atoms with Gasteiger partial charge in [-0.05, 0) is 6.07 Å². The highest BCUT2D eigenvalue weighted by Gasteiger charge is 2.25. The summed E-state index contributed by atoms with van der Waals surface area (Å²) in [4.78, 5) is 24.2. The Morgan fingerprint density at radius 3 is 2.39 bits per heavy atom. The van der Waals surface area contributed by atoms with Gasteiger partial charge in [0.1, 0.15) is 0 Å². The van der Waals surface area contributed by atoms with E-state index in [-0.39, 0.29) is 0 Å². The van der Waals surface area contributed by atoms with Crippen molar-refractivity contribution in [2.75, 3.05) is 0 Å². The summed E-state index contributed by atoms with van der Waals surface area (Å²) in [5.41, 5.74) is 7.26. The van der Waals surface area contributed by atoms with E-state index in [0.29, 0.717) is 11.1 Å². The predicted octanol–water partition coefficient (Wildman–Crippen LogP) is 2.56. The van der Waals surface area contributed by atoms with E-state index >= 15 is 0 Å². The van der Waals surface area contributed by atoms with E-state index in [1.165, 1.54) is 0 Å². The maximum atomic E-state index is 12.5. The van der Waals surface area contributed by atoms with Gasteiger partial charge in [-0.15, -0.1) is 0 Å². The molecule has 1 heterocycles. The summed E-state index contributed by atoms with van der Waals surface area (Å²) in [5, 5.41) is 0.774. The lowest BCUT2D eigenvalue weighted by Gasteiger charge is -2.14. The normalized spacial score (nSPS) is 12.0. The highest BCUT2D eigenvalue weighted by Crippen LogP contribution is 2.24. The molecule has 0 aliphatic rings. The Bertz CT molecular complexity index is 868. The number of rotatable bonds is 4. The van der Waals surface area contributed by atoms with Crippen molar-refractivity contribution in [2.24, 2.45) is 12.8 Å². The highest BCUT2D eigenvalue weighted by atomic mass is 16.5. The monoisotopic (exact) mass is 308 g/mol. The van der Waals surface area contributed by atoms with Crippen LogP contribution in [0.4, 0.5) is 0 Å². The number of aromatic nitrogens is 1. The molecule has 0 unspecified atom stereocenters. The third-order valence-corrected chi connectivity index (χ3v) is 3.70. The first kappa shape index (κ1) is 14.8. The lowest BCUT2D eigenvalue weighted by atomic mass is 10.1. The van der Waals surface area contributed by atoms with Crippen molar-refractivity contribution in [3.63, 3.8) is 0 Å². The zero-order chi connectivity index (χ0) is 16.4. The minimum absolute atomic E-state index is 0.408. The lowest BCUT2D eigenvalue weighted by molar-refractivity contribution is -0.127. The van der Waals surface area contributed by atoms with Crippen molar-refractivity contribution in [3.05, 3.63) is 71.9 Å². The molecular formula is C18H16N2O3. The van der Waals surface area contributed by atoms with Crippen LogP contribution in [0.3, 0.4) is 0 Å². The number of hydrogen-bond donors (Lipinski definition) is 1. The van der Waals surface area contributed by atoms with Gasteiger partial charge in [0.15, 0.2) is 0 Å². The number of benzene rings is 2. The number of primary amides is 1. The van der Waals surface area contributed by atoms with Gasteiger partial charge in [0.2, 0.25) is 6.10 Å². The van der Waals surface area contributed by atoms with Crippen LogP contribution < -0.4 is 5.73 Å². The molecule has 0 spiro atoms. The van der Waals surface area contributed by atoms with Crippen LogP contribution in [0.1, 0.15) is 22.0 Å². The third-order valence-electron chi connectivity index (χ3n) is 3.70. The van der Waals surface area contributed by atoms with Crippen molar-refractivity contribution in [2.45, 2.75) is 6.10 Å². The Kier molecular flexibility index (Phi) is 3.85. The molecule has 3 aromatic rings. The fourth-order valence-electron chi connectivity index (χ4n) is 2.59. The van der Waals surface area contributed by atoms with Crippen molar-refractivity contribution in [1.29, 1.82) is 0 Å². The molecule has 1 aromatic heterocycles. The van der Waals surface area contributed by atoms with Gasteiger partial charge in [0.05, 0.1) is 5.56 Å². The number of esters is 1. The number of nitrogens with two attached hydrogens (primary N) is 1. The number of fused-ring (bicyclic) bond motifs is 1. The van der Waals surface area contributed by atoms with Gasteiger partial charge in [0.25, 0.3) is 5.91 Å². The first-order valence-corrected chi connectivity index (χ1v) is 7.17. The average Bonchev–Trinajstić information content (AvgIpc) is 2.90. The Balaban J connectivity index is 1.94. The van der Waals surface area contributed by atoms with E-state index in [4.69, 9.17) is 10.5 Å². The fraction of sp³-hybridized carbons (Fsp3) is 0.111. The molecule has 1 amide bonds. The largest absolute Gasteiger partial charge is 0.444 e. The van der Waals surface area contributed by atoms with E-state index in [1.807, 2.05) is 41.9 Å². The van der Waals surface area contributed by atoms with Gasteiger partial charge in [0, 0.05) is 29.7 Å². The van der Waals surface area contributed by atoms with Gasteiger partial charge < -0.3 is 15.0 Å². The standard InChI is InChI=1S/C18H16N2O3/c1-20-11-14(13-9-5-6-10-15(13)20)18(22)23-16(17(19)21)12-7-3-2-4-8-12/h2-11,16H,1H3,(H2,19,21)/t16-/m1/s1. The number of hydrogen-bond acceptors (Lipinski definition) is 3. The van der Waals surface area contributed by atoms with E-state index in [9.17, 15) is 9.59 Å². The lowest BCUT2D eigenvalue weighted by Crippen LogP contribution is -2.26. The quantitative estimate of drug-likeness (QED) is 0.753. The summed E-state index contributed by atoms with van der Waals surface area (Å²) < 4.78 is 7.22. The molecule has 0 bridgehead atoms. The van der Waals surface area contributed by atoms with Crippen molar-refractivity contribution >= 4 is 22.8 Å². The molecule has 0 aliphatic carbocycles. The van der Waals surface area contributed by atoms with Crippen LogP contribution in [0, 0.1) is 0 Å². The number of para-hydroxylation sites is 1. The Morgan fingerprint density at radius 2 is 1.70 bits per heavy atom. The second kappa shape index (κ2) is 5.96. The van der Waals surface area contributed by atoms with Crippen molar-refractivity contribution in [1.82, 2.24) is 4.57 Å². The van der Waals surface area contributed by atoms with Gasteiger partial charge in [-0.1, -0.05) is 48.5 Å². The summed E-state index contributed by atoms with van der Waals surface area (Å²) >= 11 is 0. The van der Waals surface area contributed by atoms with Crippen LogP contribution in [0.2, 0.25) is 0 Å². The molecule has 23 heavy (non-hydrogen) atoms. The van der Waals surface area contributed by atoms with Gasteiger partial charge in [-0.2, -0.15) is 0 Å². The molecule has 116 valence electrons. The number of amides is 1. The molecule has 2 aromatic carbocycles. The molecule has 5 heteroatoms. The summed E-state index contributed by atoms with van der Waals surface area (Å²) in [6.07, 6.45) is 0.582. The first-order valence-electron chi connectivity index (χ1n) is 7.17. The van der Waals surface area contributed by atoms with Crippen LogP contribution >= 0.6 is 0 Å². The average molecular weight is 308 g/mol.